The summed E-state index contributed by atoms with van der Waals surface area (Å²) in [5.74, 6) is 0. The molecular weight excluding hydrogens is 354 g/mol. The number of halogens is 1. The summed E-state index contributed by atoms with van der Waals surface area (Å²) in [5, 5.41) is 0. The number of likely N-dealkylation sites (N-methyl/N-ethyl adjacent to an activating group) is 1. The molecule has 5 nitrogen and oxygen atoms in total. The Balaban J connectivity index is 2.04. The van der Waals surface area contributed by atoms with Crippen molar-refractivity contribution in [2.45, 2.75) is 37.6 Å². The Morgan fingerprint density at radius 2 is 2.10 bits per heavy atom. The standard InChI is InChI=1S/C14H22BrN3O2S/c1-3-18(12-4-5-12)7-6-17-21(19,20)14-9-11(15)8-13(16)10(14)2/h8-9,12,17H,3-7,16H2,1-2H3. The molecule has 0 bridgehead atoms. The summed E-state index contributed by atoms with van der Waals surface area (Å²) in [4.78, 5) is 2.55. The summed E-state index contributed by atoms with van der Waals surface area (Å²) in [6.45, 7) is 5.93. The average Bonchev–Trinajstić information content (AvgIpc) is 3.23. The molecule has 7 heteroatoms. The van der Waals surface area contributed by atoms with Gasteiger partial charge in [0.15, 0.2) is 0 Å². The Bertz CT molecular complexity index is 615. The third-order valence-corrected chi connectivity index (χ3v) is 5.86. The third-order valence-electron chi connectivity index (χ3n) is 3.82. The van der Waals surface area contributed by atoms with Crippen LogP contribution in [0.2, 0.25) is 0 Å². The smallest absolute Gasteiger partial charge is 0.240 e. The van der Waals surface area contributed by atoms with E-state index < -0.39 is 10.0 Å². The van der Waals surface area contributed by atoms with Crippen LogP contribution in [-0.4, -0.2) is 39.0 Å². The van der Waals surface area contributed by atoms with Crippen molar-refractivity contribution in [1.29, 1.82) is 0 Å². The topological polar surface area (TPSA) is 75.4 Å². The molecule has 0 unspecified atom stereocenters. The molecule has 3 N–H and O–H groups in total. The van der Waals surface area contributed by atoms with Gasteiger partial charge in [0.1, 0.15) is 0 Å². The van der Waals surface area contributed by atoms with E-state index in [1.54, 1.807) is 19.1 Å². The molecule has 21 heavy (non-hydrogen) atoms. The van der Waals surface area contributed by atoms with Crippen molar-refractivity contribution in [3.63, 3.8) is 0 Å². The quantitative estimate of drug-likeness (QED) is 0.715. The van der Waals surface area contributed by atoms with Gasteiger partial charge >= 0.3 is 0 Å². The highest BCUT2D eigenvalue weighted by molar-refractivity contribution is 9.10. The van der Waals surface area contributed by atoms with Gasteiger partial charge < -0.3 is 5.73 Å². The lowest BCUT2D eigenvalue weighted by atomic mass is 10.2. The molecule has 0 saturated heterocycles. The highest BCUT2D eigenvalue weighted by Crippen LogP contribution is 2.27. The van der Waals surface area contributed by atoms with Crippen LogP contribution in [0.1, 0.15) is 25.3 Å². The average molecular weight is 376 g/mol. The first-order valence-corrected chi connectivity index (χ1v) is 9.42. The van der Waals surface area contributed by atoms with E-state index in [1.165, 1.54) is 12.8 Å². The number of benzene rings is 1. The maximum Gasteiger partial charge on any atom is 0.240 e. The van der Waals surface area contributed by atoms with Gasteiger partial charge in [-0.15, -0.1) is 0 Å². The predicted molar refractivity (Wildman–Crippen MR) is 88.7 cm³/mol. The number of hydrogen-bond acceptors (Lipinski definition) is 4. The van der Waals surface area contributed by atoms with Crippen LogP contribution in [0.5, 0.6) is 0 Å². The van der Waals surface area contributed by atoms with E-state index >= 15 is 0 Å². The summed E-state index contributed by atoms with van der Waals surface area (Å²) in [7, 11) is -3.53. The van der Waals surface area contributed by atoms with Crippen LogP contribution in [0.25, 0.3) is 0 Å². The number of rotatable bonds is 7. The minimum atomic E-state index is -3.53. The van der Waals surface area contributed by atoms with Crippen molar-refractivity contribution in [3.8, 4) is 0 Å². The van der Waals surface area contributed by atoms with E-state index in [-0.39, 0.29) is 4.90 Å². The minimum Gasteiger partial charge on any atom is -0.398 e. The van der Waals surface area contributed by atoms with Gasteiger partial charge in [0.05, 0.1) is 4.90 Å². The Hall–Kier alpha value is -0.630. The molecule has 0 heterocycles. The number of hydrogen-bond donors (Lipinski definition) is 2. The van der Waals surface area contributed by atoms with Crippen molar-refractivity contribution in [1.82, 2.24) is 9.62 Å². The Kier molecular flexibility index (Phi) is 5.29. The molecule has 1 aliphatic rings. The van der Waals surface area contributed by atoms with Gasteiger partial charge in [0.25, 0.3) is 0 Å². The molecule has 0 atom stereocenters. The molecule has 0 aromatic heterocycles. The highest BCUT2D eigenvalue weighted by Gasteiger charge is 2.27. The largest absolute Gasteiger partial charge is 0.398 e. The molecule has 0 aliphatic heterocycles. The van der Waals surface area contributed by atoms with Crippen molar-refractivity contribution in [2.24, 2.45) is 0 Å². The number of sulfonamides is 1. The molecule has 1 aromatic carbocycles. The van der Waals surface area contributed by atoms with Crippen LogP contribution >= 0.6 is 15.9 Å². The Labute approximate surface area is 135 Å². The van der Waals surface area contributed by atoms with Gasteiger partial charge in [-0.3, -0.25) is 4.90 Å². The van der Waals surface area contributed by atoms with Gasteiger partial charge in [-0.2, -0.15) is 0 Å². The fourth-order valence-corrected chi connectivity index (χ4v) is 4.34. The van der Waals surface area contributed by atoms with Crippen LogP contribution in [0.15, 0.2) is 21.5 Å². The fraction of sp³-hybridized carbons (Fsp3) is 0.571. The molecule has 0 amide bonds. The SMILES string of the molecule is CCN(CCNS(=O)(=O)c1cc(Br)cc(N)c1C)C1CC1. The van der Waals surface area contributed by atoms with E-state index in [9.17, 15) is 8.42 Å². The van der Waals surface area contributed by atoms with Crippen molar-refractivity contribution in [2.75, 3.05) is 25.4 Å². The molecule has 1 fully saturated rings. The summed E-state index contributed by atoms with van der Waals surface area (Å²) in [6, 6.07) is 3.94. The zero-order valence-corrected chi connectivity index (χ0v) is 14.8. The molecule has 1 aliphatic carbocycles. The van der Waals surface area contributed by atoms with Crippen molar-refractivity contribution in [3.05, 3.63) is 22.2 Å². The zero-order valence-electron chi connectivity index (χ0n) is 12.4. The number of nitrogens with zero attached hydrogens (tertiary/aromatic N) is 1. The van der Waals surface area contributed by atoms with Crippen LogP contribution in [0, 0.1) is 6.92 Å². The maximum atomic E-state index is 12.4. The molecule has 2 rings (SSSR count). The van der Waals surface area contributed by atoms with Crippen molar-refractivity contribution < 1.29 is 8.42 Å². The lowest BCUT2D eigenvalue weighted by molar-refractivity contribution is 0.282. The minimum absolute atomic E-state index is 0.240. The number of anilines is 1. The van der Waals surface area contributed by atoms with Gasteiger partial charge in [-0.1, -0.05) is 22.9 Å². The van der Waals surface area contributed by atoms with E-state index in [4.69, 9.17) is 5.73 Å². The van der Waals surface area contributed by atoms with Crippen LogP contribution in [-0.2, 0) is 10.0 Å². The number of nitrogen functional groups attached to an aromatic ring is 1. The normalized spacial score (nSPS) is 15.6. The highest BCUT2D eigenvalue weighted by atomic mass is 79.9. The van der Waals surface area contributed by atoms with Crippen molar-refractivity contribution >= 4 is 31.6 Å². The second kappa shape index (κ2) is 6.64. The Morgan fingerprint density at radius 1 is 1.43 bits per heavy atom. The summed E-state index contributed by atoms with van der Waals surface area (Å²) in [6.07, 6.45) is 2.45. The first-order chi connectivity index (χ1) is 9.85. The fourth-order valence-electron chi connectivity index (χ4n) is 2.39. The summed E-state index contributed by atoms with van der Waals surface area (Å²) in [5.41, 5.74) is 6.89. The monoisotopic (exact) mass is 375 g/mol. The van der Waals surface area contributed by atoms with Gasteiger partial charge in [0, 0.05) is 29.3 Å². The first kappa shape index (κ1) is 16.7. The van der Waals surface area contributed by atoms with Gasteiger partial charge in [-0.05, 0) is 44.0 Å². The van der Waals surface area contributed by atoms with Gasteiger partial charge in [0.2, 0.25) is 10.0 Å². The number of nitrogens with two attached hydrogens (primary N) is 1. The molecule has 0 spiro atoms. The lowest BCUT2D eigenvalue weighted by Crippen LogP contribution is -2.36. The van der Waals surface area contributed by atoms with Crippen LogP contribution in [0.3, 0.4) is 0 Å². The lowest BCUT2D eigenvalue weighted by Gasteiger charge is -2.20. The van der Waals surface area contributed by atoms with Gasteiger partial charge in [-0.25, -0.2) is 13.1 Å². The predicted octanol–water partition coefficient (Wildman–Crippen LogP) is 2.10. The van der Waals surface area contributed by atoms with E-state index in [0.29, 0.717) is 28.3 Å². The third kappa shape index (κ3) is 4.18. The maximum absolute atomic E-state index is 12.4. The number of nitrogens with one attached hydrogen (secondary N) is 1. The van der Waals surface area contributed by atoms with Crippen LogP contribution in [0.4, 0.5) is 5.69 Å². The summed E-state index contributed by atoms with van der Waals surface area (Å²) >= 11 is 3.29. The second-order valence-electron chi connectivity index (χ2n) is 5.38. The molecule has 0 radical (unpaired) electrons. The van der Waals surface area contributed by atoms with E-state index in [0.717, 1.165) is 13.1 Å². The zero-order chi connectivity index (χ0) is 15.6. The molecule has 1 saturated carbocycles. The van der Waals surface area contributed by atoms with E-state index in [2.05, 4.69) is 32.5 Å². The summed E-state index contributed by atoms with van der Waals surface area (Å²) < 4.78 is 28.2. The van der Waals surface area contributed by atoms with Crippen LogP contribution < -0.4 is 10.5 Å². The second-order valence-corrected chi connectivity index (χ2v) is 8.03. The first-order valence-electron chi connectivity index (χ1n) is 7.14. The Morgan fingerprint density at radius 3 is 2.67 bits per heavy atom. The molecule has 1 aromatic rings. The molecule has 118 valence electrons. The van der Waals surface area contributed by atoms with E-state index in [1.807, 2.05) is 0 Å². The molecular formula is C14H22BrN3O2S.